The van der Waals surface area contributed by atoms with Crippen LogP contribution in [-0.2, 0) is 21.7 Å². The van der Waals surface area contributed by atoms with Crippen molar-refractivity contribution in [3.8, 4) is 11.8 Å². The second kappa shape index (κ2) is 11.6. The van der Waals surface area contributed by atoms with Gasteiger partial charge in [0.1, 0.15) is 5.75 Å². The van der Waals surface area contributed by atoms with Crippen molar-refractivity contribution in [3.05, 3.63) is 77.1 Å². The Morgan fingerprint density at radius 1 is 1.13 bits per heavy atom. The maximum Gasteiger partial charge on any atom is 0.347 e. The van der Waals surface area contributed by atoms with Crippen molar-refractivity contribution >= 4 is 17.6 Å². The van der Waals surface area contributed by atoms with Crippen LogP contribution in [0.15, 0.2) is 54.6 Å². The molecule has 0 bridgehead atoms. The van der Waals surface area contributed by atoms with Crippen molar-refractivity contribution < 1.29 is 24.2 Å². The molecule has 4 rings (SSSR count). The fourth-order valence-electron chi connectivity index (χ4n) is 4.99. The van der Waals surface area contributed by atoms with Gasteiger partial charge in [0.05, 0.1) is 25.7 Å². The third-order valence-corrected chi connectivity index (χ3v) is 6.81. The highest BCUT2D eigenvalue weighted by atomic mass is 16.5. The van der Waals surface area contributed by atoms with Gasteiger partial charge in [0.25, 0.3) is 0 Å². The zero-order chi connectivity index (χ0) is 27.3. The molecule has 9 nitrogen and oxygen atoms in total. The number of amides is 1. The van der Waals surface area contributed by atoms with Crippen molar-refractivity contribution in [2.24, 2.45) is 0 Å². The maximum absolute atomic E-state index is 13.5. The molecule has 3 aromatic rings. The summed E-state index contributed by atoms with van der Waals surface area (Å²) in [6.45, 7) is 5.92. The highest BCUT2D eigenvalue weighted by Gasteiger charge is 2.50. The number of hydrogen-bond donors (Lipinski definition) is 2. The molecule has 9 heteroatoms. The van der Waals surface area contributed by atoms with E-state index in [9.17, 15) is 14.7 Å². The van der Waals surface area contributed by atoms with E-state index in [-0.39, 0.29) is 18.5 Å². The first-order chi connectivity index (χ1) is 18.3. The van der Waals surface area contributed by atoms with Gasteiger partial charge in [-0.25, -0.2) is 14.8 Å². The van der Waals surface area contributed by atoms with Crippen LogP contribution in [0.3, 0.4) is 0 Å². The molecule has 200 valence electrons. The number of carbonyl (C=O) groups is 2. The van der Waals surface area contributed by atoms with Gasteiger partial charge in [-0.15, -0.1) is 0 Å². The Bertz CT molecular complexity index is 1280. The summed E-state index contributed by atoms with van der Waals surface area (Å²) in [4.78, 5) is 36.7. The van der Waals surface area contributed by atoms with E-state index >= 15 is 0 Å². The van der Waals surface area contributed by atoms with E-state index in [2.05, 4.69) is 15.3 Å². The van der Waals surface area contributed by atoms with Gasteiger partial charge in [-0.1, -0.05) is 50.1 Å². The largest absolute Gasteiger partial charge is 0.497 e. The second-order valence-electron chi connectivity index (χ2n) is 9.54. The van der Waals surface area contributed by atoms with E-state index in [4.69, 9.17) is 9.47 Å². The van der Waals surface area contributed by atoms with Gasteiger partial charge in [-0.05, 0) is 50.1 Å². The molecule has 2 unspecified atom stereocenters. The first kappa shape index (κ1) is 27.1. The van der Waals surface area contributed by atoms with E-state index < -0.39 is 17.6 Å². The third-order valence-electron chi connectivity index (χ3n) is 6.81. The number of hydrogen-bond acceptors (Lipinski definition) is 7. The summed E-state index contributed by atoms with van der Waals surface area (Å²) < 4.78 is 11.3. The lowest BCUT2D eigenvalue weighted by Gasteiger charge is -2.39. The van der Waals surface area contributed by atoms with Gasteiger partial charge in [-0.3, -0.25) is 10.1 Å². The summed E-state index contributed by atoms with van der Waals surface area (Å²) >= 11 is 0. The number of ether oxygens (including phenoxy) is 2. The number of carboxylic acid groups (broad SMARTS) is 1. The Labute approximate surface area is 222 Å². The van der Waals surface area contributed by atoms with Gasteiger partial charge in [0.2, 0.25) is 12.0 Å². The summed E-state index contributed by atoms with van der Waals surface area (Å²) in [5, 5.41) is 13.8. The molecule has 0 radical (unpaired) electrons. The number of unbranched alkanes of at least 4 members (excludes halogenated alkanes) is 1. The lowest BCUT2D eigenvalue weighted by molar-refractivity contribution is -0.151. The van der Waals surface area contributed by atoms with Gasteiger partial charge in [0, 0.05) is 22.6 Å². The molecule has 2 heterocycles. The lowest BCUT2D eigenvalue weighted by atomic mass is 9.79. The SMILES string of the molecule is CCCCC1(C(Oc2nc(C)cc(C)n2)C(=O)O)NCC(=O)N(Cc2ccc(OC)cc2)c2ccccc21. The Morgan fingerprint density at radius 2 is 1.82 bits per heavy atom. The zero-order valence-electron chi connectivity index (χ0n) is 22.2. The molecule has 1 amide bonds. The van der Waals surface area contributed by atoms with Crippen molar-refractivity contribution in [1.29, 1.82) is 0 Å². The predicted molar refractivity (Wildman–Crippen MR) is 143 cm³/mol. The zero-order valence-corrected chi connectivity index (χ0v) is 22.2. The fraction of sp³-hybridized carbons (Fsp3) is 0.379. The number of rotatable bonds is 10. The molecule has 1 aromatic heterocycles. The molecule has 38 heavy (non-hydrogen) atoms. The Kier molecular flexibility index (Phi) is 8.26. The Balaban J connectivity index is 1.82. The van der Waals surface area contributed by atoms with E-state index in [1.54, 1.807) is 31.9 Å². The van der Waals surface area contributed by atoms with E-state index in [1.807, 2.05) is 55.5 Å². The van der Waals surface area contributed by atoms with Crippen molar-refractivity contribution in [2.75, 3.05) is 18.6 Å². The molecule has 2 atom stereocenters. The van der Waals surface area contributed by atoms with Crippen LogP contribution in [0.2, 0.25) is 0 Å². The van der Waals surface area contributed by atoms with E-state index in [0.717, 1.165) is 24.2 Å². The number of carbonyl (C=O) groups excluding carboxylic acids is 1. The molecule has 0 aliphatic carbocycles. The number of benzene rings is 2. The topological polar surface area (TPSA) is 114 Å². The highest BCUT2D eigenvalue weighted by molar-refractivity contribution is 5.97. The predicted octanol–water partition coefficient (Wildman–Crippen LogP) is 4.16. The first-order valence-electron chi connectivity index (χ1n) is 12.8. The van der Waals surface area contributed by atoms with E-state index in [1.165, 1.54) is 0 Å². The average molecular weight is 519 g/mol. The summed E-state index contributed by atoms with van der Waals surface area (Å²) in [5.74, 6) is -0.604. The maximum atomic E-state index is 13.5. The van der Waals surface area contributed by atoms with Gasteiger partial charge in [-0.2, -0.15) is 0 Å². The standard InChI is InChI=1S/C29H34N4O5/c1-5-6-15-29(26(27(35)36)38-28-31-19(2)16-20(3)32-28)23-9-7-8-10-24(23)33(25(34)17-30-29)18-21-11-13-22(37-4)14-12-21/h7-14,16,26,30H,5-6,15,17-18H2,1-4H3,(H,35,36). The number of methoxy groups -OCH3 is 1. The molecule has 2 N–H and O–H groups in total. The Morgan fingerprint density at radius 3 is 2.45 bits per heavy atom. The van der Waals surface area contributed by atoms with E-state index in [0.29, 0.717) is 35.6 Å². The number of aromatic nitrogens is 2. The van der Waals surface area contributed by atoms with Gasteiger partial charge >= 0.3 is 12.0 Å². The van der Waals surface area contributed by atoms with Gasteiger partial charge in [0.15, 0.2) is 0 Å². The summed E-state index contributed by atoms with van der Waals surface area (Å²) in [6.07, 6.45) is 0.604. The lowest BCUT2D eigenvalue weighted by Crippen LogP contribution is -2.58. The van der Waals surface area contributed by atoms with Crippen molar-refractivity contribution in [2.45, 2.75) is 58.2 Å². The number of carboxylic acids is 1. The number of nitrogens with zero attached hydrogens (tertiary/aromatic N) is 3. The smallest absolute Gasteiger partial charge is 0.347 e. The van der Waals surface area contributed by atoms with Crippen LogP contribution in [0.25, 0.3) is 0 Å². The van der Waals surface area contributed by atoms with Crippen LogP contribution in [0, 0.1) is 13.8 Å². The number of aliphatic carboxylic acids is 1. The minimum atomic E-state index is -1.38. The number of fused-ring (bicyclic) bond motifs is 1. The molecule has 0 spiro atoms. The summed E-state index contributed by atoms with van der Waals surface area (Å²) in [7, 11) is 1.61. The minimum Gasteiger partial charge on any atom is -0.497 e. The van der Waals surface area contributed by atoms with Crippen LogP contribution in [0.4, 0.5) is 5.69 Å². The Hall–Kier alpha value is -3.98. The number of nitrogens with one attached hydrogen (secondary N) is 1. The molecule has 1 aliphatic heterocycles. The number of aryl methyl sites for hydroxylation is 2. The van der Waals surface area contributed by atoms with Crippen molar-refractivity contribution in [1.82, 2.24) is 15.3 Å². The average Bonchev–Trinajstić information content (AvgIpc) is 3.01. The van der Waals surface area contributed by atoms with Gasteiger partial charge < -0.3 is 19.5 Å². The van der Waals surface area contributed by atoms with Crippen LogP contribution >= 0.6 is 0 Å². The number of para-hydroxylation sites is 1. The molecule has 0 saturated heterocycles. The summed E-state index contributed by atoms with van der Waals surface area (Å²) in [5.41, 5.74) is 2.40. The van der Waals surface area contributed by atoms with Crippen LogP contribution < -0.4 is 19.7 Å². The molecule has 0 fully saturated rings. The molecule has 2 aromatic carbocycles. The number of anilines is 1. The summed E-state index contributed by atoms with van der Waals surface area (Å²) in [6, 6.07) is 16.8. The quantitative estimate of drug-likeness (QED) is 0.411. The highest BCUT2D eigenvalue weighted by Crippen LogP contribution is 2.41. The fourth-order valence-corrected chi connectivity index (χ4v) is 4.99. The first-order valence-corrected chi connectivity index (χ1v) is 12.8. The second-order valence-corrected chi connectivity index (χ2v) is 9.54. The monoisotopic (exact) mass is 518 g/mol. The molecule has 0 saturated carbocycles. The minimum absolute atomic E-state index is 0.00397. The van der Waals surface area contributed by atoms with Crippen LogP contribution in [-0.4, -0.2) is 46.7 Å². The molecular formula is C29H34N4O5. The van der Waals surface area contributed by atoms with Crippen LogP contribution in [0.5, 0.6) is 11.8 Å². The third kappa shape index (κ3) is 5.62. The van der Waals surface area contributed by atoms with Crippen molar-refractivity contribution in [3.63, 3.8) is 0 Å². The molecular weight excluding hydrogens is 484 g/mol. The van der Waals surface area contributed by atoms with Crippen LogP contribution in [0.1, 0.15) is 48.7 Å². The molecule has 1 aliphatic rings. The normalized spacial score (nSPS) is 17.9.